The maximum atomic E-state index is 13.2. The lowest BCUT2D eigenvalue weighted by Crippen LogP contribution is -2.16. The lowest BCUT2D eigenvalue weighted by Gasteiger charge is -2.15. The van der Waals surface area contributed by atoms with Crippen LogP contribution in [0.1, 0.15) is 38.8 Å². The van der Waals surface area contributed by atoms with Crippen LogP contribution in [0, 0.1) is 0 Å². The van der Waals surface area contributed by atoms with Crippen LogP contribution >= 0.6 is 23.2 Å². The van der Waals surface area contributed by atoms with Gasteiger partial charge in [0, 0.05) is 32.3 Å². The first-order valence-electron chi connectivity index (χ1n) is 11.3. The van der Waals surface area contributed by atoms with E-state index in [2.05, 4.69) is 5.32 Å². The molecule has 0 saturated heterocycles. The summed E-state index contributed by atoms with van der Waals surface area (Å²) in [5, 5.41) is 3.81. The Labute approximate surface area is 219 Å². The fraction of sp³-hybridized carbons (Fsp3) is 0.103. The van der Waals surface area contributed by atoms with Crippen molar-refractivity contribution in [1.82, 2.24) is 0 Å². The molecule has 0 radical (unpaired) electrons. The Balaban J connectivity index is 1.58. The van der Waals surface area contributed by atoms with E-state index in [1.165, 1.54) is 0 Å². The molecule has 1 amide bonds. The molecule has 7 heteroatoms. The molecule has 36 heavy (non-hydrogen) atoms. The Bertz CT molecular complexity index is 1390. The Hall–Kier alpha value is -3.80. The molecule has 1 N–H and O–H groups in total. The number of nitrogens with one attached hydrogen (secondary N) is 1. The highest BCUT2D eigenvalue weighted by molar-refractivity contribution is 6.31. The van der Waals surface area contributed by atoms with Gasteiger partial charge in [0.2, 0.25) is 0 Å². The monoisotopic (exact) mass is 519 g/mol. The molecule has 0 saturated carbocycles. The normalized spacial score (nSPS) is 10.5. The number of anilines is 1. The van der Waals surface area contributed by atoms with E-state index in [9.17, 15) is 9.59 Å². The number of ether oxygens (including phenoxy) is 2. The highest BCUT2D eigenvalue weighted by Crippen LogP contribution is 2.27. The molecule has 0 heterocycles. The van der Waals surface area contributed by atoms with Crippen molar-refractivity contribution >= 4 is 40.6 Å². The van der Waals surface area contributed by atoms with Gasteiger partial charge in [0.05, 0.1) is 12.3 Å². The molecule has 0 aromatic heterocycles. The van der Waals surface area contributed by atoms with E-state index in [0.717, 1.165) is 0 Å². The minimum absolute atomic E-state index is 0.176. The Morgan fingerprint density at radius 2 is 1.56 bits per heavy atom. The fourth-order valence-electron chi connectivity index (χ4n) is 3.60. The van der Waals surface area contributed by atoms with E-state index in [0.29, 0.717) is 56.1 Å². The van der Waals surface area contributed by atoms with Crippen molar-refractivity contribution in [2.24, 2.45) is 0 Å². The summed E-state index contributed by atoms with van der Waals surface area (Å²) < 4.78 is 11.6. The maximum Gasteiger partial charge on any atom is 0.255 e. The predicted molar refractivity (Wildman–Crippen MR) is 143 cm³/mol. The quantitative estimate of drug-likeness (QED) is 0.233. The number of halogens is 2. The molecule has 0 aliphatic carbocycles. The molecule has 5 nitrogen and oxygen atoms in total. The first kappa shape index (κ1) is 25.3. The molecule has 0 atom stereocenters. The van der Waals surface area contributed by atoms with Crippen LogP contribution in [0.2, 0.25) is 10.0 Å². The average molecular weight is 520 g/mol. The summed E-state index contributed by atoms with van der Waals surface area (Å²) in [6.07, 6.45) is 0. The third-order valence-electron chi connectivity index (χ3n) is 5.32. The lowest BCUT2D eigenvalue weighted by atomic mass is 10.0. The number of rotatable bonds is 9. The number of hydrogen-bond acceptors (Lipinski definition) is 4. The van der Waals surface area contributed by atoms with Gasteiger partial charge in [-0.2, -0.15) is 0 Å². The first-order chi connectivity index (χ1) is 17.4. The summed E-state index contributed by atoms with van der Waals surface area (Å²) in [4.78, 5) is 26.3. The van der Waals surface area contributed by atoms with Crippen LogP contribution in [0.25, 0.3) is 0 Å². The predicted octanol–water partition coefficient (Wildman–Crippen LogP) is 7.45. The third kappa shape index (κ3) is 6.25. The molecular weight excluding hydrogens is 497 g/mol. The molecule has 0 unspecified atom stereocenters. The second-order valence-corrected chi connectivity index (χ2v) is 8.71. The smallest absolute Gasteiger partial charge is 0.255 e. The molecule has 0 spiro atoms. The number of carbonyl (C=O) groups excluding carboxylic acids is 2. The van der Waals surface area contributed by atoms with Gasteiger partial charge >= 0.3 is 0 Å². The third-order valence-corrected chi connectivity index (χ3v) is 5.79. The summed E-state index contributed by atoms with van der Waals surface area (Å²) >= 11 is 12.2. The van der Waals surface area contributed by atoms with Gasteiger partial charge in [-0.1, -0.05) is 59.6 Å². The number of benzene rings is 4. The van der Waals surface area contributed by atoms with Crippen LogP contribution in [0.5, 0.6) is 11.5 Å². The van der Waals surface area contributed by atoms with E-state index in [-0.39, 0.29) is 18.3 Å². The number of ketones is 1. The van der Waals surface area contributed by atoms with Gasteiger partial charge < -0.3 is 14.8 Å². The van der Waals surface area contributed by atoms with Gasteiger partial charge in [0.15, 0.2) is 5.78 Å². The van der Waals surface area contributed by atoms with Crippen molar-refractivity contribution in [2.45, 2.75) is 13.5 Å². The Morgan fingerprint density at radius 1 is 0.778 bits per heavy atom. The Kier molecular flexibility index (Phi) is 8.26. The van der Waals surface area contributed by atoms with Crippen LogP contribution < -0.4 is 14.8 Å². The van der Waals surface area contributed by atoms with Gasteiger partial charge in [0.1, 0.15) is 18.1 Å². The molecular formula is C29H23Cl2NO4. The van der Waals surface area contributed by atoms with Gasteiger partial charge in [-0.3, -0.25) is 9.59 Å². The molecule has 0 bridgehead atoms. The standard InChI is InChI=1S/C29H23Cl2NO4/c1-2-35-27-14-11-20(15-21(27)18-36-24-10-6-9-22(30)16-24)29(34)32-26-13-12-23(31)17-25(26)28(33)19-7-4-3-5-8-19/h3-17H,2,18H2,1H3,(H,32,34). The summed E-state index contributed by atoms with van der Waals surface area (Å²) in [6.45, 7) is 2.52. The fourth-order valence-corrected chi connectivity index (χ4v) is 3.95. The molecule has 0 aliphatic heterocycles. The zero-order valence-electron chi connectivity index (χ0n) is 19.5. The van der Waals surface area contributed by atoms with Crippen molar-refractivity contribution in [1.29, 1.82) is 0 Å². The van der Waals surface area contributed by atoms with E-state index in [4.69, 9.17) is 32.7 Å². The Morgan fingerprint density at radius 3 is 2.31 bits per heavy atom. The molecule has 4 aromatic rings. The zero-order chi connectivity index (χ0) is 25.5. The summed E-state index contributed by atoms with van der Waals surface area (Å²) in [5.41, 5.74) is 2.25. The summed E-state index contributed by atoms with van der Waals surface area (Å²) in [6, 6.07) is 25.8. The van der Waals surface area contributed by atoms with Gasteiger partial charge in [-0.25, -0.2) is 0 Å². The highest BCUT2D eigenvalue weighted by atomic mass is 35.5. The number of amides is 1. The minimum Gasteiger partial charge on any atom is -0.493 e. The molecule has 0 aliphatic rings. The SMILES string of the molecule is CCOc1ccc(C(=O)Nc2ccc(Cl)cc2C(=O)c2ccccc2)cc1COc1cccc(Cl)c1. The summed E-state index contributed by atoms with van der Waals surface area (Å²) in [5.74, 6) is 0.592. The van der Waals surface area contributed by atoms with Gasteiger partial charge in [-0.15, -0.1) is 0 Å². The minimum atomic E-state index is -0.383. The molecule has 182 valence electrons. The second-order valence-electron chi connectivity index (χ2n) is 7.84. The first-order valence-corrected chi connectivity index (χ1v) is 12.0. The van der Waals surface area contributed by atoms with Crippen LogP contribution in [0.4, 0.5) is 5.69 Å². The zero-order valence-corrected chi connectivity index (χ0v) is 21.0. The largest absolute Gasteiger partial charge is 0.493 e. The average Bonchev–Trinajstić information content (AvgIpc) is 2.89. The van der Waals surface area contributed by atoms with E-state index in [1.807, 2.05) is 13.0 Å². The van der Waals surface area contributed by atoms with Gasteiger partial charge in [0.25, 0.3) is 5.91 Å². The van der Waals surface area contributed by atoms with E-state index >= 15 is 0 Å². The van der Waals surface area contributed by atoms with E-state index < -0.39 is 0 Å². The number of hydrogen-bond donors (Lipinski definition) is 1. The number of carbonyl (C=O) groups is 2. The van der Waals surface area contributed by atoms with Crippen molar-refractivity contribution in [3.05, 3.63) is 123 Å². The van der Waals surface area contributed by atoms with Crippen LogP contribution in [0.15, 0.2) is 91.0 Å². The van der Waals surface area contributed by atoms with Gasteiger partial charge in [-0.05, 0) is 61.5 Å². The second kappa shape index (κ2) is 11.8. The highest BCUT2D eigenvalue weighted by Gasteiger charge is 2.18. The van der Waals surface area contributed by atoms with E-state index in [1.54, 1.807) is 84.9 Å². The summed E-state index contributed by atoms with van der Waals surface area (Å²) in [7, 11) is 0. The molecule has 0 fully saturated rings. The lowest BCUT2D eigenvalue weighted by molar-refractivity contribution is 0.102. The molecule has 4 rings (SSSR count). The van der Waals surface area contributed by atoms with Crippen molar-refractivity contribution in [2.75, 3.05) is 11.9 Å². The van der Waals surface area contributed by atoms with Crippen LogP contribution in [-0.2, 0) is 6.61 Å². The van der Waals surface area contributed by atoms with Crippen LogP contribution in [-0.4, -0.2) is 18.3 Å². The maximum absolute atomic E-state index is 13.2. The van der Waals surface area contributed by atoms with Crippen molar-refractivity contribution < 1.29 is 19.1 Å². The van der Waals surface area contributed by atoms with Crippen LogP contribution in [0.3, 0.4) is 0 Å². The molecule has 4 aromatic carbocycles. The van der Waals surface area contributed by atoms with Crippen molar-refractivity contribution in [3.8, 4) is 11.5 Å². The topological polar surface area (TPSA) is 64.6 Å². The van der Waals surface area contributed by atoms with Crippen molar-refractivity contribution in [3.63, 3.8) is 0 Å².